The second-order valence-electron chi connectivity index (χ2n) is 0.614. The molecule has 4 nitrogen and oxygen atoms in total. The molecule has 0 fully saturated rings. The molecule has 5 heteroatoms. The third kappa shape index (κ3) is 9.43. The molecule has 0 spiro atoms. The van der Waals surface area contributed by atoms with Gasteiger partial charge in [0.1, 0.15) is 6.34 Å². The molecule has 0 unspecified atom stereocenters. The van der Waals surface area contributed by atoms with Gasteiger partial charge in [0.2, 0.25) is 6.19 Å². The van der Waals surface area contributed by atoms with E-state index >= 15 is 0 Å². The van der Waals surface area contributed by atoms with E-state index in [2.05, 4.69) is 4.99 Å². The van der Waals surface area contributed by atoms with Gasteiger partial charge in [0.05, 0.1) is 0 Å². The van der Waals surface area contributed by atoms with Crippen LogP contribution in [0.1, 0.15) is 0 Å². The Hall–Kier alpha value is 0.0864. The predicted octanol–water partition coefficient (Wildman–Crippen LogP) is -1.08. The van der Waals surface area contributed by atoms with Crippen LogP contribution in [0.15, 0.2) is 4.99 Å². The zero-order valence-corrected chi connectivity index (χ0v) is 3.42. The van der Waals surface area contributed by atoms with Crippen molar-refractivity contribution in [1.29, 1.82) is 10.5 Å². The topological polar surface area (TPSA) is 72.0 Å². The van der Waals surface area contributed by atoms with Gasteiger partial charge < -0.3 is 0 Å². The van der Waals surface area contributed by atoms with Crippen LogP contribution in [0.2, 0.25) is 0 Å². The van der Waals surface area contributed by atoms with Crippen LogP contribution < -0.4 is 5.32 Å². The quantitative estimate of drug-likeness (QED) is 0.163. The zero-order valence-electron chi connectivity index (χ0n) is 3.42. The summed E-state index contributed by atoms with van der Waals surface area (Å²) in [6, 6.07) is 0. The van der Waals surface area contributed by atoms with Crippen molar-refractivity contribution in [3.05, 3.63) is 0 Å². The van der Waals surface area contributed by atoms with Gasteiger partial charge in [0, 0.05) is 0 Å². The van der Waals surface area contributed by atoms with E-state index in [0.717, 1.165) is 6.34 Å². The molecule has 0 heterocycles. The van der Waals surface area contributed by atoms with Crippen molar-refractivity contribution in [2.75, 3.05) is 0 Å². The molecular formula is C3H3KN4. The molecule has 0 aliphatic rings. The van der Waals surface area contributed by atoms with Crippen LogP contribution in [0.4, 0.5) is 0 Å². The fourth-order valence-corrected chi connectivity index (χ4v) is 0.0900. The molecule has 1 N–H and O–H groups in total. The average molecular weight is 134 g/mol. The van der Waals surface area contributed by atoms with Crippen LogP contribution in [0, 0.1) is 22.9 Å². The standard InChI is InChI=1S/C3H2N4.K.H/c4-1-6-3-7-2-5;;/h3H,(H,6,7);;. The summed E-state index contributed by atoms with van der Waals surface area (Å²) >= 11 is 0. The van der Waals surface area contributed by atoms with Crippen molar-refractivity contribution in [2.45, 2.75) is 0 Å². The van der Waals surface area contributed by atoms with E-state index in [1.54, 1.807) is 6.19 Å². The molecule has 36 valence electrons. The Morgan fingerprint density at radius 1 is 1.50 bits per heavy atom. The first-order valence-electron chi connectivity index (χ1n) is 1.47. The van der Waals surface area contributed by atoms with Gasteiger partial charge in [-0.3, -0.25) is 5.32 Å². The Bertz CT molecular complexity index is 138. The molecule has 0 bridgehead atoms. The summed E-state index contributed by atoms with van der Waals surface area (Å²) in [5, 5.41) is 17.5. The van der Waals surface area contributed by atoms with Gasteiger partial charge in [0.25, 0.3) is 0 Å². The molecule has 0 saturated heterocycles. The maximum absolute atomic E-state index is 7.73. The van der Waals surface area contributed by atoms with E-state index in [1.165, 1.54) is 6.19 Å². The molecule has 0 aromatic heterocycles. The Labute approximate surface area is 89.6 Å². The Morgan fingerprint density at radius 2 is 2.12 bits per heavy atom. The minimum absolute atomic E-state index is 0. The van der Waals surface area contributed by atoms with Crippen LogP contribution in [0.5, 0.6) is 0 Å². The Morgan fingerprint density at radius 3 is 2.50 bits per heavy atom. The van der Waals surface area contributed by atoms with E-state index in [-0.39, 0.29) is 51.4 Å². The molecule has 0 radical (unpaired) electrons. The molecule has 0 rings (SSSR count). The monoisotopic (exact) mass is 134 g/mol. The van der Waals surface area contributed by atoms with Gasteiger partial charge in [-0.15, -0.1) is 0 Å². The predicted molar refractivity (Wildman–Crippen MR) is 30.0 cm³/mol. The Kier molecular flexibility index (Phi) is 13.9. The number of nitrogens with one attached hydrogen (secondary N) is 1. The molecular weight excluding hydrogens is 131 g/mol. The zero-order chi connectivity index (χ0) is 5.54. The summed E-state index contributed by atoms with van der Waals surface area (Å²) in [4.78, 5) is 3.01. The van der Waals surface area contributed by atoms with Crippen molar-refractivity contribution < 1.29 is 0 Å². The summed E-state index contributed by atoms with van der Waals surface area (Å²) in [6.45, 7) is 0. The summed E-state index contributed by atoms with van der Waals surface area (Å²) in [5.41, 5.74) is 0. The molecule has 8 heavy (non-hydrogen) atoms. The average Bonchev–Trinajstić information content (AvgIpc) is 1.69. The number of nitrogens with zero attached hydrogens (tertiary/aromatic N) is 3. The number of nitriles is 2. The number of rotatable bonds is 1. The molecule has 0 saturated carbocycles. The van der Waals surface area contributed by atoms with Gasteiger partial charge in [-0.2, -0.15) is 15.5 Å². The van der Waals surface area contributed by atoms with E-state index in [1.807, 2.05) is 5.32 Å². The molecule has 0 aromatic carbocycles. The third-order valence-corrected chi connectivity index (χ3v) is 0.251. The second kappa shape index (κ2) is 10.1. The molecule has 0 amide bonds. The van der Waals surface area contributed by atoms with Crippen LogP contribution in [0.3, 0.4) is 0 Å². The normalized spacial score (nSPS) is 6.25. The van der Waals surface area contributed by atoms with Gasteiger partial charge in [-0.05, 0) is 0 Å². The number of hydrogen-bond donors (Lipinski definition) is 1. The third-order valence-electron chi connectivity index (χ3n) is 0.251. The fraction of sp³-hybridized carbons (Fsp3) is 0. The first-order valence-corrected chi connectivity index (χ1v) is 1.47. The first-order chi connectivity index (χ1) is 3.41. The van der Waals surface area contributed by atoms with Crippen molar-refractivity contribution in [2.24, 2.45) is 4.99 Å². The summed E-state index contributed by atoms with van der Waals surface area (Å²) < 4.78 is 0. The molecule has 0 aromatic rings. The van der Waals surface area contributed by atoms with Gasteiger partial charge in [-0.25, -0.2) is 0 Å². The Balaban J connectivity index is 0. The van der Waals surface area contributed by atoms with Crippen LogP contribution in [-0.2, 0) is 0 Å². The van der Waals surface area contributed by atoms with Crippen molar-refractivity contribution in [3.63, 3.8) is 0 Å². The number of aliphatic imine (C=N–C) groups is 1. The summed E-state index contributed by atoms with van der Waals surface area (Å²) in [6.07, 6.45) is 4.02. The van der Waals surface area contributed by atoms with Gasteiger partial charge >= 0.3 is 51.4 Å². The van der Waals surface area contributed by atoms with Gasteiger partial charge in [0.15, 0.2) is 6.19 Å². The van der Waals surface area contributed by atoms with Crippen molar-refractivity contribution >= 4 is 57.7 Å². The van der Waals surface area contributed by atoms with Crippen molar-refractivity contribution in [1.82, 2.24) is 5.32 Å². The minimum atomic E-state index is 0. The SMILES string of the molecule is N#CN=CNC#N.[KH]. The van der Waals surface area contributed by atoms with Crippen LogP contribution in [-0.4, -0.2) is 57.7 Å². The fourth-order valence-electron chi connectivity index (χ4n) is 0.0900. The maximum atomic E-state index is 7.73. The molecule has 0 aliphatic carbocycles. The molecule has 0 atom stereocenters. The second-order valence-corrected chi connectivity index (χ2v) is 0.614. The van der Waals surface area contributed by atoms with E-state index < -0.39 is 0 Å². The van der Waals surface area contributed by atoms with Crippen molar-refractivity contribution in [3.8, 4) is 12.4 Å². The first kappa shape index (κ1) is 11.0. The van der Waals surface area contributed by atoms with Crippen LogP contribution in [0.25, 0.3) is 0 Å². The van der Waals surface area contributed by atoms with Gasteiger partial charge in [-0.1, -0.05) is 0 Å². The molecule has 0 aliphatic heterocycles. The van der Waals surface area contributed by atoms with E-state index in [9.17, 15) is 0 Å². The summed E-state index contributed by atoms with van der Waals surface area (Å²) in [7, 11) is 0. The number of hydrogen-bond acceptors (Lipinski definition) is 3. The summed E-state index contributed by atoms with van der Waals surface area (Å²) in [5.74, 6) is 0. The van der Waals surface area contributed by atoms with Crippen LogP contribution >= 0.6 is 0 Å². The van der Waals surface area contributed by atoms with E-state index in [4.69, 9.17) is 10.5 Å². The van der Waals surface area contributed by atoms with E-state index in [0.29, 0.717) is 0 Å².